The van der Waals surface area contributed by atoms with E-state index in [2.05, 4.69) is 25.9 Å². The molecule has 0 atom stereocenters. The van der Waals surface area contributed by atoms with E-state index in [1.807, 2.05) is 45.1 Å². The molecule has 0 unspecified atom stereocenters. The number of nitrogens with zero attached hydrogens (tertiary/aromatic N) is 3. The molecule has 0 aliphatic heterocycles. The number of hydrogen-bond donors (Lipinski definition) is 3. The van der Waals surface area contributed by atoms with Gasteiger partial charge in [-0.2, -0.15) is 0 Å². The molecule has 3 N–H and O–H groups in total. The van der Waals surface area contributed by atoms with Gasteiger partial charge in [-0.15, -0.1) is 35.3 Å². The number of carbonyl (C=O) groups is 1. The van der Waals surface area contributed by atoms with Gasteiger partial charge in [0, 0.05) is 45.0 Å². The van der Waals surface area contributed by atoms with Crippen molar-refractivity contribution in [3.63, 3.8) is 0 Å². The summed E-state index contributed by atoms with van der Waals surface area (Å²) in [5.74, 6) is 0.797. The standard InChI is InChI=1S/C15H28N6OS.HI/c1-6-16-14(18-8-7-17-13(22)11(2)3)19-9-12-10-23-15(20-12)21(4)5;/h10-11H,6-9H2,1-5H3,(H,17,22)(H2,16,18,19);1H. The van der Waals surface area contributed by atoms with E-state index in [1.54, 1.807) is 11.3 Å². The van der Waals surface area contributed by atoms with E-state index in [0.717, 1.165) is 23.3 Å². The topological polar surface area (TPSA) is 81.7 Å². The lowest BCUT2D eigenvalue weighted by molar-refractivity contribution is -0.123. The van der Waals surface area contributed by atoms with E-state index in [1.165, 1.54) is 0 Å². The molecule has 0 saturated heterocycles. The molecule has 0 bridgehead atoms. The van der Waals surface area contributed by atoms with Crippen molar-refractivity contribution in [1.82, 2.24) is 20.9 Å². The van der Waals surface area contributed by atoms with Gasteiger partial charge in [0.15, 0.2) is 11.1 Å². The highest BCUT2D eigenvalue weighted by molar-refractivity contribution is 14.0. The van der Waals surface area contributed by atoms with Gasteiger partial charge in [-0.3, -0.25) is 4.79 Å². The number of anilines is 1. The van der Waals surface area contributed by atoms with Gasteiger partial charge in [0.1, 0.15) is 0 Å². The molecule has 0 fully saturated rings. The van der Waals surface area contributed by atoms with Crippen molar-refractivity contribution in [2.45, 2.75) is 27.3 Å². The fourth-order valence-corrected chi connectivity index (χ4v) is 2.40. The van der Waals surface area contributed by atoms with Crippen LogP contribution in [0.15, 0.2) is 10.4 Å². The first-order valence-electron chi connectivity index (χ1n) is 7.85. The van der Waals surface area contributed by atoms with E-state index in [0.29, 0.717) is 19.6 Å². The van der Waals surface area contributed by atoms with Gasteiger partial charge in [0.05, 0.1) is 12.2 Å². The maximum absolute atomic E-state index is 11.5. The number of thiazole rings is 1. The summed E-state index contributed by atoms with van der Waals surface area (Å²) in [6.45, 7) is 8.29. The third-order valence-corrected chi connectivity index (χ3v) is 3.96. The molecule has 1 amide bonds. The molecule has 24 heavy (non-hydrogen) atoms. The zero-order valence-electron chi connectivity index (χ0n) is 15.0. The van der Waals surface area contributed by atoms with Crippen LogP contribution in [0.4, 0.5) is 5.13 Å². The zero-order chi connectivity index (χ0) is 17.2. The van der Waals surface area contributed by atoms with Crippen LogP contribution in [0.5, 0.6) is 0 Å². The number of hydrogen-bond acceptors (Lipinski definition) is 5. The second-order valence-corrected chi connectivity index (χ2v) is 6.42. The highest BCUT2D eigenvalue weighted by atomic mass is 127. The highest BCUT2D eigenvalue weighted by Gasteiger charge is 2.06. The van der Waals surface area contributed by atoms with Crippen molar-refractivity contribution >= 4 is 52.3 Å². The molecule has 9 heteroatoms. The van der Waals surface area contributed by atoms with Crippen molar-refractivity contribution in [3.8, 4) is 0 Å². The minimum Gasteiger partial charge on any atom is -0.357 e. The number of aliphatic imine (C=N–C) groups is 1. The predicted molar refractivity (Wildman–Crippen MR) is 113 cm³/mol. The summed E-state index contributed by atoms with van der Waals surface area (Å²) in [6, 6.07) is 0. The Hall–Kier alpha value is -1.10. The largest absolute Gasteiger partial charge is 0.357 e. The molecule has 0 saturated carbocycles. The van der Waals surface area contributed by atoms with Crippen LogP contribution in [0.1, 0.15) is 26.5 Å². The van der Waals surface area contributed by atoms with Gasteiger partial charge in [0.25, 0.3) is 0 Å². The van der Waals surface area contributed by atoms with Gasteiger partial charge in [-0.25, -0.2) is 9.98 Å². The summed E-state index contributed by atoms with van der Waals surface area (Å²) >= 11 is 1.61. The first kappa shape index (κ1) is 22.9. The Balaban J connectivity index is 0.00000529. The van der Waals surface area contributed by atoms with Crippen LogP contribution in [0.2, 0.25) is 0 Å². The number of carbonyl (C=O) groups excluding carboxylic acids is 1. The molecule has 0 aromatic carbocycles. The Kier molecular flexibility index (Phi) is 11.7. The average molecular weight is 468 g/mol. The summed E-state index contributed by atoms with van der Waals surface area (Å²) in [4.78, 5) is 22.5. The lowest BCUT2D eigenvalue weighted by Gasteiger charge is -2.12. The maximum atomic E-state index is 11.5. The Morgan fingerprint density at radius 1 is 1.29 bits per heavy atom. The van der Waals surface area contributed by atoms with Crippen LogP contribution >= 0.6 is 35.3 Å². The van der Waals surface area contributed by atoms with E-state index >= 15 is 0 Å². The molecule has 0 radical (unpaired) electrons. The summed E-state index contributed by atoms with van der Waals surface area (Å²) in [6.07, 6.45) is 0. The lowest BCUT2D eigenvalue weighted by Crippen LogP contribution is -2.42. The summed E-state index contributed by atoms with van der Waals surface area (Å²) in [7, 11) is 3.95. The lowest BCUT2D eigenvalue weighted by atomic mass is 10.2. The molecule has 1 heterocycles. The molecule has 138 valence electrons. The Morgan fingerprint density at radius 2 is 1.96 bits per heavy atom. The number of halogens is 1. The van der Waals surface area contributed by atoms with Crippen LogP contribution in [-0.4, -0.2) is 50.6 Å². The first-order chi connectivity index (χ1) is 10.9. The number of guanidine groups is 1. The fourth-order valence-electron chi connectivity index (χ4n) is 1.65. The number of nitrogens with one attached hydrogen (secondary N) is 3. The van der Waals surface area contributed by atoms with Gasteiger partial charge < -0.3 is 20.9 Å². The van der Waals surface area contributed by atoms with Crippen molar-refractivity contribution in [3.05, 3.63) is 11.1 Å². The normalized spacial score (nSPS) is 11.0. The molecule has 1 aromatic heterocycles. The second-order valence-electron chi connectivity index (χ2n) is 5.58. The minimum absolute atomic E-state index is 0. The molecular formula is C15H29IN6OS. The number of amides is 1. The van der Waals surface area contributed by atoms with Crippen LogP contribution in [0.3, 0.4) is 0 Å². The Bertz CT molecular complexity index is 518. The van der Waals surface area contributed by atoms with E-state index in [9.17, 15) is 4.79 Å². The molecule has 0 aliphatic carbocycles. The predicted octanol–water partition coefficient (Wildman–Crippen LogP) is 1.65. The van der Waals surface area contributed by atoms with Crippen LogP contribution in [-0.2, 0) is 11.3 Å². The average Bonchev–Trinajstić information content (AvgIpc) is 2.97. The smallest absolute Gasteiger partial charge is 0.222 e. The van der Waals surface area contributed by atoms with Crippen LogP contribution in [0.25, 0.3) is 0 Å². The third-order valence-electron chi connectivity index (χ3n) is 2.91. The summed E-state index contributed by atoms with van der Waals surface area (Å²) < 4.78 is 0. The van der Waals surface area contributed by atoms with E-state index in [4.69, 9.17) is 0 Å². The van der Waals surface area contributed by atoms with Crippen LogP contribution < -0.4 is 20.9 Å². The van der Waals surface area contributed by atoms with Crippen molar-refractivity contribution in [2.75, 3.05) is 38.6 Å². The number of aromatic nitrogens is 1. The molecule has 0 spiro atoms. The number of rotatable bonds is 8. The SMILES string of the molecule is CCNC(=NCc1csc(N(C)C)n1)NCCNC(=O)C(C)C.I. The first-order valence-corrected chi connectivity index (χ1v) is 8.73. The Morgan fingerprint density at radius 3 is 2.50 bits per heavy atom. The van der Waals surface area contributed by atoms with Crippen molar-refractivity contribution in [2.24, 2.45) is 10.9 Å². The van der Waals surface area contributed by atoms with E-state index < -0.39 is 0 Å². The van der Waals surface area contributed by atoms with Crippen molar-refractivity contribution in [1.29, 1.82) is 0 Å². The van der Waals surface area contributed by atoms with Gasteiger partial charge in [-0.1, -0.05) is 13.8 Å². The van der Waals surface area contributed by atoms with Crippen molar-refractivity contribution < 1.29 is 4.79 Å². The maximum Gasteiger partial charge on any atom is 0.222 e. The molecular weight excluding hydrogens is 439 g/mol. The Labute approximate surface area is 165 Å². The minimum atomic E-state index is 0. The third kappa shape index (κ3) is 8.67. The highest BCUT2D eigenvalue weighted by Crippen LogP contribution is 2.18. The van der Waals surface area contributed by atoms with Crippen LogP contribution in [0, 0.1) is 5.92 Å². The zero-order valence-corrected chi connectivity index (χ0v) is 18.2. The van der Waals surface area contributed by atoms with Gasteiger partial charge in [0.2, 0.25) is 5.91 Å². The quantitative estimate of drug-likeness (QED) is 0.234. The second kappa shape index (κ2) is 12.3. The molecule has 1 aromatic rings. The summed E-state index contributed by atoms with van der Waals surface area (Å²) in [5, 5.41) is 12.3. The molecule has 0 aliphatic rings. The van der Waals surface area contributed by atoms with Gasteiger partial charge in [-0.05, 0) is 6.92 Å². The molecule has 1 rings (SSSR count). The monoisotopic (exact) mass is 468 g/mol. The van der Waals surface area contributed by atoms with Gasteiger partial charge >= 0.3 is 0 Å². The van der Waals surface area contributed by atoms with E-state index in [-0.39, 0.29) is 35.8 Å². The fraction of sp³-hybridized carbons (Fsp3) is 0.667. The summed E-state index contributed by atoms with van der Waals surface area (Å²) in [5.41, 5.74) is 0.948. The molecule has 7 nitrogen and oxygen atoms in total.